The van der Waals surface area contributed by atoms with Crippen LogP contribution in [-0.2, 0) is 0 Å². The quantitative estimate of drug-likeness (QED) is 0.688. The molecule has 3 N–H and O–H groups in total. The van der Waals surface area contributed by atoms with Crippen LogP contribution in [0.1, 0.15) is 24.1 Å². The number of hydrogen-bond acceptors (Lipinski definition) is 3. The molecule has 0 saturated carbocycles. The second-order valence-corrected chi connectivity index (χ2v) is 4.91. The SMILES string of the molecule is CC(Nc1ccccc1C#N)c1ccc2[nH]c(=O)[nH]c2c1. The van der Waals surface area contributed by atoms with Gasteiger partial charge in [-0.2, -0.15) is 5.26 Å². The fourth-order valence-electron chi connectivity index (χ4n) is 2.34. The van der Waals surface area contributed by atoms with Crippen LogP contribution in [0.4, 0.5) is 5.69 Å². The minimum atomic E-state index is -0.211. The van der Waals surface area contributed by atoms with Crippen molar-refractivity contribution < 1.29 is 0 Å². The molecule has 0 aliphatic heterocycles. The summed E-state index contributed by atoms with van der Waals surface area (Å²) in [5, 5.41) is 12.4. The van der Waals surface area contributed by atoms with Crippen molar-refractivity contribution in [3.63, 3.8) is 0 Å². The predicted octanol–water partition coefficient (Wildman–Crippen LogP) is 2.90. The summed E-state index contributed by atoms with van der Waals surface area (Å²) in [7, 11) is 0. The number of imidazole rings is 1. The average molecular weight is 278 g/mol. The third-order valence-electron chi connectivity index (χ3n) is 3.46. The van der Waals surface area contributed by atoms with Gasteiger partial charge in [0.1, 0.15) is 6.07 Å². The molecular formula is C16H14N4O. The summed E-state index contributed by atoms with van der Waals surface area (Å²) in [5.41, 5.74) is 3.80. The monoisotopic (exact) mass is 278 g/mol. The molecule has 5 nitrogen and oxygen atoms in total. The highest BCUT2D eigenvalue weighted by molar-refractivity contribution is 5.75. The Morgan fingerprint density at radius 2 is 1.90 bits per heavy atom. The molecule has 0 amide bonds. The summed E-state index contributed by atoms with van der Waals surface area (Å²) < 4.78 is 0. The van der Waals surface area contributed by atoms with Crippen LogP contribution in [0.15, 0.2) is 47.3 Å². The molecular weight excluding hydrogens is 264 g/mol. The fraction of sp³-hybridized carbons (Fsp3) is 0.125. The Kier molecular flexibility index (Phi) is 3.20. The maximum Gasteiger partial charge on any atom is 0.323 e. The van der Waals surface area contributed by atoms with Gasteiger partial charge in [0.15, 0.2) is 0 Å². The Labute approximate surface area is 121 Å². The van der Waals surface area contributed by atoms with Gasteiger partial charge in [0, 0.05) is 6.04 Å². The minimum absolute atomic E-state index is 0.0160. The van der Waals surface area contributed by atoms with Crippen LogP contribution in [0.3, 0.4) is 0 Å². The highest BCUT2D eigenvalue weighted by Crippen LogP contribution is 2.23. The maximum atomic E-state index is 11.3. The molecule has 1 aromatic heterocycles. The number of aromatic amines is 2. The molecule has 3 rings (SSSR count). The Hall–Kier alpha value is -3.00. The van der Waals surface area contributed by atoms with Gasteiger partial charge in [0.2, 0.25) is 0 Å². The molecule has 0 bridgehead atoms. The molecule has 0 spiro atoms. The smallest absolute Gasteiger partial charge is 0.323 e. The standard InChI is InChI=1S/C16H14N4O/c1-10(18-13-5-3-2-4-12(13)9-17)11-6-7-14-15(8-11)20-16(21)19-14/h2-8,10,18H,1H3,(H2,19,20,21). The first-order valence-electron chi connectivity index (χ1n) is 6.65. The number of hydrogen-bond donors (Lipinski definition) is 3. The van der Waals surface area contributed by atoms with Gasteiger partial charge in [0.25, 0.3) is 0 Å². The number of benzene rings is 2. The summed E-state index contributed by atoms with van der Waals surface area (Å²) in [6.45, 7) is 2.01. The second kappa shape index (κ2) is 5.17. The molecule has 0 fully saturated rings. The zero-order valence-electron chi connectivity index (χ0n) is 11.5. The highest BCUT2D eigenvalue weighted by atomic mass is 16.1. The van der Waals surface area contributed by atoms with Crippen molar-refractivity contribution in [1.82, 2.24) is 9.97 Å². The Morgan fingerprint density at radius 1 is 1.14 bits per heavy atom. The van der Waals surface area contributed by atoms with E-state index < -0.39 is 0 Å². The van der Waals surface area contributed by atoms with Crippen LogP contribution < -0.4 is 11.0 Å². The van der Waals surface area contributed by atoms with Crippen LogP contribution >= 0.6 is 0 Å². The molecule has 1 unspecified atom stereocenters. The maximum absolute atomic E-state index is 11.3. The lowest BCUT2D eigenvalue weighted by atomic mass is 10.1. The molecule has 0 radical (unpaired) electrons. The van der Waals surface area contributed by atoms with Gasteiger partial charge in [0.05, 0.1) is 22.3 Å². The van der Waals surface area contributed by atoms with Crippen LogP contribution in [0.5, 0.6) is 0 Å². The van der Waals surface area contributed by atoms with Crippen molar-refractivity contribution in [1.29, 1.82) is 5.26 Å². The van der Waals surface area contributed by atoms with Crippen LogP contribution in [0.25, 0.3) is 11.0 Å². The summed E-state index contributed by atoms with van der Waals surface area (Å²) in [4.78, 5) is 16.7. The van der Waals surface area contributed by atoms with E-state index in [0.29, 0.717) is 5.56 Å². The topological polar surface area (TPSA) is 84.5 Å². The van der Waals surface area contributed by atoms with Crippen molar-refractivity contribution in [2.45, 2.75) is 13.0 Å². The van der Waals surface area contributed by atoms with Crippen molar-refractivity contribution >= 4 is 16.7 Å². The van der Waals surface area contributed by atoms with Gasteiger partial charge >= 0.3 is 5.69 Å². The summed E-state index contributed by atoms with van der Waals surface area (Å²) in [6.07, 6.45) is 0. The summed E-state index contributed by atoms with van der Waals surface area (Å²) >= 11 is 0. The van der Waals surface area contributed by atoms with E-state index in [0.717, 1.165) is 22.3 Å². The number of nitrogens with one attached hydrogen (secondary N) is 3. The first-order valence-corrected chi connectivity index (χ1v) is 6.65. The van der Waals surface area contributed by atoms with Crippen LogP contribution in [0.2, 0.25) is 0 Å². The number of H-pyrrole nitrogens is 2. The van der Waals surface area contributed by atoms with E-state index in [-0.39, 0.29) is 11.7 Å². The number of para-hydroxylation sites is 1. The van der Waals surface area contributed by atoms with E-state index in [1.54, 1.807) is 6.07 Å². The lowest BCUT2D eigenvalue weighted by Gasteiger charge is -2.16. The number of fused-ring (bicyclic) bond motifs is 1. The van der Waals surface area contributed by atoms with Gasteiger partial charge in [-0.1, -0.05) is 18.2 Å². The first kappa shape index (κ1) is 13.0. The molecule has 21 heavy (non-hydrogen) atoms. The van der Waals surface area contributed by atoms with Crippen molar-refractivity contribution in [2.24, 2.45) is 0 Å². The van der Waals surface area contributed by atoms with Gasteiger partial charge in [-0.25, -0.2) is 4.79 Å². The molecule has 0 aliphatic rings. The van der Waals surface area contributed by atoms with Crippen molar-refractivity contribution in [3.8, 4) is 6.07 Å². The van der Waals surface area contributed by atoms with Crippen LogP contribution in [-0.4, -0.2) is 9.97 Å². The van der Waals surface area contributed by atoms with Gasteiger partial charge in [-0.15, -0.1) is 0 Å². The fourth-order valence-corrected chi connectivity index (χ4v) is 2.34. The van der Waals surface area contributed by atoms with E-state index in [4.69, 9.17) is 5.26 Å². The molecule has 104 valence electrons. The molecule has 0 saturated heterocycles. The lowest BCUT2D eigenvalue weighted by Crippen LogP contribution is -2.07. The molecule has 1 heterocycles. The normalized spacial score (nSPS) is 12.0. The molecule has 1 atom stereocenters. The summed E-state index contributed by atoms with van der Waals surface area (Å²) in [5.74, 6) is 0. The Balaban J connectivity index is 1.91. The zero-order chi connectivity index (χ0) is 14.8. The Bertz CT molecular complexity index is 885. The van der Waals surface area contributed by atoms with E-state index in [1.807, 2.05) is 43.3 Å². The minimum Gasteiger partial charge on any atom is -0.377 e. The third kappa shape index (κ3) is 2.51. The lowest BCUT2D eigenvalue weighted by molar-refractivity contribution is 0.885. The number of nitrogens with zero attached hydrogens (tertiary/aromatic N) is 1. The number of anilines is 1. The molecule has 5 heteroatoms. The van der Waals surface area contributed by atoms with Gasteiger partial charge in [-0.3, -0.25) is 0 Å². The highest BCUT2D eigenvalue weighted by Gasteiger charge is 2.09. The van der Waals surface area contributed by atoms with E-state index in [1.165, 1.54) is 0 Å². The Morgan fingerprint density at radius 3 is 2.71 bits per heavy atom. The molecule has 3 aromatic rings. The number of nitriles is 1. The first-order chi connectivity index (χ1) is 10.2. The van der Waals surface area contributed by atoms with E-state index in [9.17, 15) is 4.79 Å². The second-order valence-electron chi connectivity index (χ2n) is 4.91. The number of aromatic nitrogens is 2. The van der Waals surface area contributed by atoms with Crippen LogP contribution in [0, 0.1) is 11.3 Å². The zero-order valence-corrected chi connectivity index (χ0v) is 11.5. The molecule has 0 aliphatic carbocycles. The molecule has 2 aromatic carbocycles. The van der Waals surface area contributed by atoms with Crippen molar-refractivity contribution in [3.05, 3.63) is 64.1 Å². The third-order valence-corrected chi connectivity index (χ3v) is 3.46. The largest absolute Gasteiger partial charge is 0.377 e. The van der Waals surface area contributed by atoms with Crippen molar-refractivity contribution in [2.75, 3.05) is 5.32 Å². The predicted molar refractivity (Wildman–Crippen MR) is 82.1 cm³/mol. The average Bonchev–Trinajstić information content (AvgIpc) is 2.86. The van der Waals surface area contributed by atoms with Gasteiger partial charge in [-0.05, 0) is 36.8 Å². The van der Waals surface area contributed by atoms with E-state index in [2.05, 4.69) is 21.4 Å². The van der Waals surface area contributed by atoms with Gasteiger partial charge < -0.3 is 15.3 Å². The summed E-state index contributed by atoms with van der Waals surface area (Å²) in [6, 6.07) is 15.3. The number of rotatable bonds is 3. The van der Waals surface area contributed by atoms with E-state index >= 15 is 0 Å².